The number of carbonyl (C=O) groups is 5. The van der Waals surface area contributed by atoms with E-state index >= 15 is 0 Å². The summed E-state index contributed by atoms with van der Waals surface area (Å²) < 4.78 is 152. The zero-order chi connectivity index (χ0) is 108. The second-order valence-electron chi connectivity index (χ2n) is 35.1. The highest BCUT2D eigenvalue weighted by Gasteiger charge is 2.23. The second kappa shape index (κ2) is 51.8. The van der Waals surface area contributed by atoms with E-state index in [4.69, 9.17) is 23.7 Å². The Kier molecular flexibility index (Phi) is 39.9. The molecule has 0 atom stereocenters. The highest BCUT2D eigenvalue weighted by Crippen LogP contribution is 2.35. The van der Waals surface area contributed by atoms with Gasteiger partial charge in [-0.2, -0.15) is 25.5 Å². The van der Waals surface area contributed by atoms with Crippen molar-refractivity contribution < 1.29 is 89.7 Å². The number of benzene rings is 10. The summed E-state index contributed by atoms with van der Waals surface area (Å²) in [6, 6.07) is 82.5. The van der Waals surface area contributed by atoms with Crippen LogP contribution in [0.2, 0.25) is 0 Å². The molecule has 0 amide bonds. The summed E-state index contributed by atoms with van der Waals surface area (Å²) in [4.78, 5) is 65.5. The average Bonchev–Trinajstić information content (AvgIpc) is 1.63. The molecule has 148 heavy (non-hydrogen) atoms. The number of likely N-dealkylation sites (N-methyl/N-ethyl adjacent to an activating group) is 2. The van der Waals surface area contributed by atoms with E-state index in [2.05, 4.69) is 44.2 Å². The summed E-state index contributed by atoms with van der Waals surface area (Å²) in [7, 11) is -11.1. The summed E-state index contributed by atoms with van der Waals surface area (Å²) >= 11 is 1.44. The normalized spacial score (nSPS) is 11.5. The van der Waals surface area contributed by atoms with Crippen LogP contribution < -0.4 is 0 Å². The Morgan fingerprint density at radius 2 is 0.493 bits per heavy atom. The maximum absolute atomic E-state index is 12.4. The van der Waals surface area contributed by atoms with Crippen LogP contribution in [0, 0.1) is 34.6 Å². The predicted octanol–water partition coefficient (Wildman–Crippen LogP) is 17.2. The number of esters is 5. The van der Waals surface area contributed by atoms with Gasteiger partial charge in [0, 0.05) is 44.4 Å². The van der Waals surface area contributed by atoms with Crippen molar-refractivity contribution >= 4 is 90.8 Å². The predicted molar refractivity (Wildman–Crippen MR) is 576 cm³/mol. The molecule has 38 heteroatoms. The minimum atomic E-state index is -3.27. The van der Waals surface area contributed by atoms with Gasteiger partial charge < -0.3 is 33.5 Å². The summed E-state index contributed by atoms with van der Waals surface area (Å²) in [6.07, 6.45) is 7.85. The Morgan fingerprint density at radius 3 is 0.696 bits per heavy atom. The van der Waals surface area contributed by atoms with Crippen LogP contribution in [0.3, 0.4) is 0 Å². The van der Waals surface area contributed by atoms with Crippen molar-refractivity contribution in [2.45, 2.75) is 113 Å². The first-order valence-electron chi connectivity index (χ1n) is 47.0. The van der Waals surface area contributed by atoms with Crippen LogP contribution in [0.25, 0.3) is 112 Å². The number of hydrogen-bond acceptors (Lipinski definition) is 28. The number of ether oxygens (including phenoxy) is 5. The lowest BCUT2D eigenvalue weighted by molar-refractivity contribution is -0.145. The monoisotopic (exact) mass is 2120 g/mol. The van der Waals surface area contributed by atoms with Crippen LogP contribution >= 0.6 is 11.8 Å². The minimum Gasteiger partial charge on any atom is -0.468 e. The third kappa shape index (κ3) is 33.1. The topological polar surface area (TPSA) is 398 Å². The molecule has 778 valence electrons. The number of methoxy groups -OCH3 is 1. The Bertz CT molecular complexity index is 7790. The van der Waals surface area contributed by atoms with Gasteiger partial charge in [-0.1, -0.05) is 196 Å². The number of rotatable bonds is 36. The molecule has 5 aromatic heterocycles. The maximum Gasteiger partial charge on any atom is 0.328 e. The van der Waals surface area contributed by atoms with Crippen LogP contribution in [0.1, 0.15) is 49.2 Å². The molecule has 0 saturated carbocycles. The van der Waals surface area contributed by atoms with Crippen molar-refractivity contribution in [3.63, 3.8) is 0 Å². The SMILES string of the molecule is CCN(CC)CCOC(=O)Cn1nc(C)cc1-c1ccc(-c2cccc(S(C)(=O)=O)c2)cc1.CCOC(=O)Cn1nc(C)cc1-c1ccc(-c2cccc(S(C)(=O)=O)c2)cc1.COC(=O)Cn1nc(C)cc1-c1ccc(-c2cccc(S(C)(=O)=O)c2)cc1.CSCOC(=O)Cn1nc(C)cc1-c1ccc(-c2cccc(S(C)(=O)=O)c2)cc1.Cc1cc(-c2ccc(-c3cccc(S(C)(=O)=O)c3)cc2)n(CC(=O)OCCN(C)C)n1. The van der Waals surface area contributed by atoms with Gasteiger partial charge in [-0.3, -0.25) is 47.4 Å². The molecule has 0 aliphatic carbocycles. The quantitative estimate of drug-likeness (QED) is 0.0200. The van der Waals surface area contributed by atoms with Gasteiger partial charge in [0.1, 0.15) is 51.9 Å². The standard InChI is InChI=1S/C25H31N3O4S.C23H27N3O4S.C21H22N2O4S2.C21H22N2O4S.C20H20N2O4S/c1-5-27(6-2)14-15-32-25(29)18-28-24(16-19(3)26-28)21-12-10-20(11-13-21)22-8-7-9-23(17-22)33(4,30)31;1-17-14-22(26(24-17)16-23(27)30-13-12-25(2)3)19-10-8-18(9-11-19)20-6-5-7-21(15-20)31(4,28)29;1-15-11-20(23(22-15)13-21(24)27-14-28-2)17-9-7-16(8-10-17)18-5-4-6-19(12-18)29(3,25)26;1-4-27-21(24)14-23-20(12-15(2)22-23)17-10-8-16(9-11-17)18-6-5-7-19(13-18)28(3,25)26;1-14-11-19(22(21-14)13-20(23)26-2)16-9-7-15(8-10-16)17-5-4-6-18(12-17)27(3,24)25/h7-13,16-17H,5-6,14-15,18H2,1-4H3;5-11,14-15H,12-13,16H2,1-4H3;4-12H,13-14H2,1-3H3;5-13H,4,14H2,1-3H3;4-12H,13H2,1-3H3. The molecule has 0 aliphatic rings. The molecule has 10 aromatic carbocycles. The van der Waals surface area contributed by atoms with Crippen LogP contribution in [0.5, 0.6) is 0 Å². The van der Waals surface area contributed by atoms with E-state index in [1.54, 1.807) is 121 Å². The first-order chi connectivity index (χ1) is 70.2. The van der Waals surface area contributed by atoms with Crippen LogP contribution in [-0.2, 0) is 130 Å². The summed E-state index contributed by atoms with van der Waals surface area (Å²) in [5, 5.41) is 22.0. The largest absolute Gasteiger partial charge is 0.468 e. The molecule has 15 aromatic rings. The van der Waals surface area contributed by atoms with Gasteiger partial charge in [0.05, 0.1) is 95.1 Å². The number of thioether (sulfide) groups is 1. The minimum absolute atomic E-state index is 0.0365. The molecule has 0 spiro atoms. The Hall–Kier alpha value is -14.4. The van der Waals surface area contributed by atoms with Crippen molar-refractivity contribution in [2.24, 2.45) is 0 Å². The molecule has 0 unspecified atom stereocenters. The molecule has 0 saturated heterocycles. The number of hydrogen-bond donors (Lipinski definition) is 0. The zero-order valence-electron chi connectivity index (χ0n) is 85.7. The van der Waals surface area contributed by atoms with Crippen molar-refractivity contribution in [3.8, 4) is 112 Å². The van der Waals surface area contributed by atoms with Crippen LogP contribution in [-0.4, -0.2) is 241 Å². The smallest absolute Gasteiger partial charge is 0.328 e. The number of aryl methyl sites for hydroxylation is 5. The second-order valence-corrected chi connectivity index (χ2v) is 46.0. The van der Waals surface area contributed by atoms with Gasteiger partial charge in [0.25, 0.3) is 0 Å². The molecule has 0 bridgehead atoms. The van der Waals surface area contributed by atoms with Gasteiger partial charge in [0.2, 0.25) is 0 Å². The van der Waals surface area contributed by atoms with E-state index in [9.17, 15) is 66.1 Å². The molecule has 0 fully saturated rings. The summed E-state index contributed by atoms with van der Waals surface area (Å²) in [5.74, 6) is -1.37. The molecular formula is C110H122N12O20S6. The van der Waals surface area contributed by atoms with E-state index in [0.29, 0.717) is 38.8 Å². The van der Waals surface area contributed by atoms with Crippen LogP contribution in [0.15, 0.2) is 297 Å². The molecule has 15 rings (SSSR count). The molecule has 0 N–H and O–H groups in total. The first-order valence-corrected chi connectivity index (χ1v) is 57.8. The number of sulfone groups is 5. The highest BCUT2D eigenvalue weighted by atomic mass is 32.2. The lowest BCUT2D eigenvalue weighted by Crippen LogP contribution is -2.28. The maximum atomic E-state index is 12.4. The fourth-order valence-corrected chi connectivity index (χ4v) is 19.1. The van der Waals surface area contributed by atoms with Crippen molar-refractivity contribution in [1.29, 1.82) is 0 Å². The van der Waals surface area contributed by atoms with E-state index in [1.807, 2.05) is 242 Å². The van der Waals surface area contributed by atoms with E-state index in [1.165, 1.54) is 50.2 Å². The summed E-state index contributed by atoms with van der Waals surface area (Å²) in [5.41, 5.74) is 21.3. The lowest BCUT2D eigenvalue weighted by atomic mass is 10.0. The Labute approximate surface area is 869 Å². The van der Waals surface area contributed by atoms with Gasteiger partial charge in [-0.15, -0.1) is 11.8 Å². The van der Waals surface area contributed by atoms with E-state index < -0.39 is 49.2 Å². The van der Waals surface area contributed by atoms with Crippen LogP contribution in [0.4, 0.5) is 0 Å². The zero-order valence-corrected chi connectivity index (χ0v) is 90.6. The third-order valence-electron chi connectivity index (χ3n) is 23.0. The van der Waals surface area contributed by atoms with Crippen molar-refractivity contribution in [3.05, 3.63) is 301 Å². The number of carbonyl (C=O) groups excluding carboxylic acids is 5. The molecule has 32 nitrogen and oxygen atoms in total. The highest BCUT2D eigenvalue weighted by molar-refractivity contribution is 7.98. The molecule has 5 heterocycles. The Balaban J connectivity index is 0.000000176. The van der Waals surface area contributed by atoms with E-state index in [-0.39, 0.29) is 87.0 Å². The first kappa shape index (κ1) is 114. The molecule has 0 aliphatic heterocycles. The summed E-state index contributed by atoms with van der Waals surface area (Å²) in [6.45, 7) is 19.8. The fourth-order valence-electron chi connectivity index (χ4n) is 15.5. The van der Waals surface area contributed by atoms with Gasteiger partial charge in [-0.25, -0.2) is 42.1 Å². The third-order valence-corrected chi connectivity index (χ3v) is 28.9. The number of aromatic nitrogens is 10. The number of nitrogens with zero attached hydrogens (tertiary/aromatic N) is 12. The average molecular weight is 2120 g/mol. The van der Waals surface area contributed by atoms with Crippen molar-refractivity contribution in [1.82, 2.24) is 58.7 Å². The molecule has 0 radical (unpaired) electrons. The van der Waals surface area contributed by atoms with Gasteiger partial charge in [-0.05, 0) is 249 Å². The van der Waals surface area contributed by atoms with Crippen molar-refractivity contribution in [2.75, 3.05) is 111 Å². The lowest BCUT2D eigenvalue weighted by Gasteiger charge is -2.17. The fraction of sp³-hybridized carbons (Fsp3) is 0.273. The Morgan fingerprint density at radius 1 is 0.284 bits per heavy atom. The van der Waals surface area contributed by atoms with Gasteiger partial charge in [0.15, 0.2) is 49.2 Å². The van der Waals surface area contributed by atoms with Gasteiger partial charge >= 0.3 is 29.8 Å². The molecular weight excluding hydrogens is 2000 g/mol. The van der Waals surface area contributed by atoms with E-state index in [0.717, 1.165) is 153 Å².